The van der Waals surface area contributed by atoms with E-state index in [2.05, 4.69) is 10.6 Å². The van der Waals surface area contributed by atoms with Gasteiger partial charge in [-0.3, -0.25) is 9.59 Å². The number of carboxylic acids is 1. The van der Waals surface area contributed by atoms with Gasteiger partial charge >= 0.3 is 5.97 Å². The lowest BCUT2D eigenvalue weighted by atomic mass is 10.0. The average Bonchev–Trinajstić information content (AvgIpc) is 2.51. The van der Waals surface area contributed by atoms with Crippen LogP contribution in [-0.4, -0.2) is 35.0 Å². The maximum atomic E-state index is 12.5. The largest absolute Gasteiger partial charge is 0.480 e. The van der Waals surface area contributed by atoms with E-state index < -0.39 is 24.0 Å². The molecule has 0 saturated heterocycles. The van der Waals surface area contributed by atoms with Crippen molar-refractivity contribution in [3.8, 4) is 0 Å². The molecule has 0 saturated carbocycles. The molecule has 0 aliphatic heterocycles. The Morgan fingerprint density at radius 2 is 1.60 bits per heavy atom. The first kappa shape index (κ1) is 20.7. The third kappa shape index (κ3) is 7.37. The van der Waals surface area contributed by atoms with Crippen LogP contribution in [0.2, 0.25) is 0 Å². The molecule has 0 aromatic heterocycles. The van der Waals surface area contributed by atoms with Gasteiger partial charge in [0.2, 0.25) is 11.8 Å². The normalized spacial score (nSPS) is 13.4. The summed E-state index contributed by atoms with van der Waals surface area (Å²) in [7, 11) is 0. The van der Waals surface area contributed by atoms with Gasteiger partial charge in [0.25, 0.3) is 0 Å². The molecule has 0 aliphatic rings. The Labute approximate surface area is 149 Å². The van der Waals surface area contributed by atoms with Crippen molar-refractivity contribution in [2.75, 3.05) is 0 Å². The fourth-order valence-electron chi connectivity index (χ4n) is 2.45. The lowest BCUT2D eigenvalue weighted by Crippen LogP contribution is -2.54. The van der Waals surface area contributed by atoms with Crippen LogP contribution in [0.1, 0.15) is 39.7 Å². The fourth-order valence-corrected chi connectivity index (χ4v) is 2.45. The van der Waals surface area contributed by atoms with Crippen LogP contribution in [0.4, 0.5) is 0 Å². The summed E-state index contributed by atoms with van der Waals surface area (Å²) < 4.78 is 0. The molecule has 138 valence electrons. The number of rotatable bonds is 9. The van der Waals surface area contributed by atoms with Gasteiger partial charge < -0.3 is 15.7 Å². The Bertz CT molecular complexity index is 584. The topological polar surface area (TPSA) is 95.5 Å². The molecule has 0 radical (unpaired) electrons. The molecule has 6 heteroatoms. The van der Waals surface area contributed by atoms with Crippen LogP contribution in [0.15, 0.2) is 30.3 Å². The third-order valence-electron chi connectivity index (χ3n) is 3.76. The smallest absolute Gasteiger partial charge is 0.326 e. The summed E-state index contributed by atoms with van der Waals surface area (Å²) in [6.45, 7) is 7.47. The predicted octanol–water partition coefficient (Wildman–Crippen LogP) is 1.99. The van der Waals surface area contributed by atoms with E-state index in [4.69, 9.17) is 0 Å². The lowest BCUT2D eigenvalue weighted by Gasteiger charge is -2.24. The van der Waals surface area contributed by atoms with Crippen molar-refractivity contribution in [2.45, 2.75) is 52.6 Å². The van der Waals surface area contributed by atoms with Gasteiger partial charge in [-0.25, -0.2) is 4.79 Å². The zero-order chi connectivity index (χ0) is 19.0. The fraction of sp³-hybridized carbons (Fsp3) is 0.526. The number of carbonyl (C=O) groups is 3. The molecule has 3 N–H and O–H groups in total. The second kappa shape index (κ2) is 9.81. The van der Waals surface area contributed by atoms with Crippen LogP contribution in [-0.2, 0) is 20.8 Å². The number of aliphatic carboxylic acids is 1. The van der Waals surface area contributed by atoms with Crippen LogP contribution < -0.4 is 10.6 Å². The van der Waals surface area contributed by atoms with E-state index in [1.54, 1.807) is 0 Å². The van der Waals surface area contributed by atoms with Crippen molar-refractivity contribution in [1.82, 2.24) is 10.6 Å². The summed E-state index contributed by atoms with van der Waals surface area (Å²) in [5.74, 6) is -1.76. The van der Waals surface area contributed by atoms with Gasteiger partial charge in [-0.2, -0.15) is 0 Å². The Morgan fingerprint density at radius 1 is 1.00 bits per heavy atom. The van der Waals surface area contributed by atoms with Crippen molar-refractivity contribution in [3.63, 3.8) is 0 Å². The van der Waals surface area contributed by atoms with Crippen molar-refractivity contribution < 1.29 is 19.5 Å². The summed E-state index contributed by atoms with van der Waals surface area (Å²) in [5.41, 5.74) is 0.820. The predicted molar refractivity (Wildman–Crippen MR) is 95.9 cm³/mol. The molecule has 0 bridgehead atoms. The molecule has 1 aromatic rings. The molecule has 0 heterocycles. The van der Waals surface area contributed by atoms with Crippen molar-refractivity contribution in [1.29, 1.82) is 0 Å². The Balaban J connectivity index is 2.78. The second-order valence-electron chi connectivity index (χ2n) is 6.98. The minimum atomic E-state index is -1.10. The molecule has 0 fully saturated rings. The monoisotopic (exact) mass is 348 g/mol. The minimum absolute atomic E-state index is 0.151. The SMILES string of the molecule is CC(C)CC(=O)NC(C(=O)NC(Cc1ccccc1)C(=O)O)C(C)C. The standard InChI is InChI=1S/C19H28N2O4/c1-12(2)10-16(22)21-17(13(3)4)18(23)20-15(19(24)25)11-14-8-6-5-7-9-14/h5-9,12-13,15,17H,10-11H2,1-4H3,(H,20,23)(H,21,22)(H,24,25). The van der Waals surface area contributed by atoms with Crippen LogP contribution in [0.5, 0.6) is 0 Å². The van der Waals surface area contributed by atoms with Crippen molar-refractivity contribution >= 4 is 17.8 Å². The molecular weight excluding hydrogens is 320 g/mol. The number of carboxylic acid groups (broad SMARTS) is 1. The first-order chi connectivity index (χ1) is 11.7. The maximum Gasteiger partial charge on any atom is 0.326 e. The van der Waals surface area contributed by atoms with E-state index in [1.807, 2.05) is 58.0 Å². The van der Waals surface area contributed by atoms with Crippen LogP contribution >= 0.6 is 0 Å². The molecule has 1 aromatic carbocycles. The van der Waals surface area contributed by atoms with Crippen molar-refractivity contribution in [2.24, 2.45) is 11.8 Å². The van der Waals surface area contributed by atoms with Gasteiger partial charge in [-0.05, 0) is 17.4 Å². The van der Waals surface area contributed by atoms with Gasteiger partial charge in [-0.15, -0.1) is 0 Å². The summed E-state index contributed by atoms with van der Waals surface area (Å²) in [5, 5.41) is 14.7. The van der Waals surface area contributed by atoms with Gasteiger partial charge in [0, 0.05) is 12.8 Å². The molecule has 1 rings (SSSR count). The minimum Gasteiger partial charge on any atom is -0.480 e. The highest BCUT2D eigenvalue weighted by atomic mass is 16.4. The summed E-state index contributed by atoms with van der Waals surface area (Å²) >= 11 is 0. The Morgan fingerprint density at radius 3 is 2.08 bits per heavy atom. The highest BCUT2D eigenvalue weighted by Gasteiger charge is 2.28. The number of hydrogen-bond acceptors (Lipinski definition) is 3. The maximum absolute atomic E-state index is 12.5. The average molecular weight is 348 g/mol. The first-order valence-corrected chi connectivity index (χ1v) is 8.57. The zero-order valence-corrected chi connectivity index (χ0v) is 15.3. The molecule has 0 aliphatic carbocycles. The highest BCUT2D eigenvalue weighted by Crippen LogP contribution is 2.08. The van der Waals surface area contributed by atoms with Crippen LogP contribution in [0.3, 0.4) is 0 Å². The summed E-state index contributed by atoms with van der Waals surface area (Å²) in [4.78, 5) is 36.0. The van der Waals surface area contributed by atoms with E-state index in [1.165, 1.54) is 0 Å². The zero-order valence-electron chi connectivity index (χ0n) is 15.3. The second-order valence-corrected chi connectivity index (χ2v) is 6.98. The van der Waals surface area contributed by atoms with Crippen LogP contribution in [0, 0.1) is 11.8 Å². The molecule has 2 amide bonds. The number of hydrogen-bond donors (Lipinski definition) is 3. The summed E-state index contributed by atoms with van der Waals surface area (Å²) in [6, 6.07) is 7.30. The number of benzene rings is 1. The lowest BCUT2D eigenvalue weighted by molar-refractivity contribution is -0.142. The third-order valence-corrected chi connectivity index (χ3v) is 3.76. The van der Waals surface area contributed by atoms with Gasteiger partial charge in [0.15, 0.2) is 0 Å². The van der Waals surface area contributed by atoms with Crippen molar-refractivity contribution in [3.05, 3.63) is 35.9 Å². The Kier molecular flexibility index (Phi) is 8.11. The number of nitrogens with one attached hydrogen (secondary N) is 2. The Hall–Kier alpha value is -2.37. The molecule has 25 heavy (non-hydrogen) atoms. The highest BCUT2D eigenvalue weighted by molar-refractivity contribution is 5.90. The molecule has 2 atom stereocenters. The van der Waals surface area contributed by atoms with E-state index in [-0.39, 0.29) is 24.2 Å². The van der Waals surface area contributed by atoms with E-state index >= 15 is 0 Å². The first-order valence-electron chi connectivity index (χ1n) is 8.57. The van der Waals surface area contributed by atoms with Crippen LogP contribution in [0.25, 0.3) is 0 Å². The summed E-state index contributed by atoms with van der Waals surface area (Å²) in [6.07, 6.45) is 0.509. The van der Waals surface area contributed by atoms with Gasteiger partial charge in [0.05, 0.1) is 0 Å². The van der Waals surface area contributed by atoms with Gasteiger partial charge in [-0.1, -0.05) is 58.0 Å². The molecule has 0 spiro atoms. The molecule has 6 nitrogen and oxygen atoms in total. The number of amides is 2. The molecule has 2 unspecified atom stereocenters. The molecular formula is C19H28N2O4. The number of carbonyl (C=O) groups excluding carboxylic acids is 2. The van der Waals surface area contributed by atoms with Gasteiger partial charge in [0.1, 0.15) is 12.1 Å². The van der Waals surface area contributed by atoms with E-state index in [0.717, 1.165) is 5.56 Å². The quantitative estimate of drug-likeness (QED) is 0.636. The van der Waals surface area contributed by atoms with E-state index in [0.29, 0.717) is 6.42 Å². The van der Waals surface area contributed by atoms with E-state index in [9.17, 15) is 19.5 Å².